The number of hydrogen-bond donors (Lipinski definition) is 0. The molecular formula is C26H21FN4O2. The van der Waals surface area contributed by atoms with Gasteiger partial charge in [0.2, 0.25) is 5.71 Å². The van der Waals surface area contributed by atoms with Crippen LogP contribution in [-0.4, -0.2) is 32.5 Å². The molecule has 1 aliphatic rings. The minimum absolute atomic E-state index is 0.0582. The first-order valence-electron chi connectivity index (χ1n) is 10.9. The van der Waals surface area contributed by atoms with Gasteiger partial charge < -0.3 is 9.15 Å². The van der Waals surface area contributed by atoms with Crippen LogP contribution in [0.15, 0.2) is 77.6 Å². The van der Waals surface area contributed by atoms with Crippen LogP contribution < -0.4 is 0 Å². The lowest BCUT2D eigenvalue weighted by molar-refractivity contribution is 0.105. The van der Waals surface area contributed by atoms with Crippen molar-refractivity contribution in [3.05, 3.63) is 79.0 Å². The maximum Gasteiger partial charge on any atom is 0.230 e. The summed E-state index contributed by atoms with van der Waals surface area (Å²) in [6, 6.07) is 18.4. The van der Waals surface area contributed by atoms with Crippen LogP contribution in [0.2, 0.25) is 0 Å². The number of halogens is 1. The van der Waals surface area contributed by atoms with Crippen LogP contribution in [-0.2, 0) is 4.74 Å². The van der Waals surface area contributed by atoms with Gasteiger partial charge in [0.05, 0.1) is 23.2 Å². The maximum atomic E-state index is 13.6. The maximum absolute atomic E-state index is 13.6. The molecule has 0 radical (unpaired) electrons. The molecule has 4 heterocycles. The van der Waals surface area contributed by atoms with Crippen LogP contribution >= 0.6 is 0 Å². The molecule has 5 aromatic rings. The Morgan fingerprint density at radius 2 is 1.79 bits per heavy atom. The molecule has 2 atom stereocenters. The van der Waals surface area contributed by atoms with Crippen molar-refractivity contribution in [1.29, 1.82) is 0 Å². The monoisotopic (exact) mass is 440 g/mol. The van der Waals surface area contributed by atoms with Crippen LogP contribution in [0.25, 0.3) is 44.9 Å². The third kappa shape index (κ3) is 3.50. The summed E-state index contributed by atoms with van der Waals surface area (Å²) in [7, 11) is 0. The van der Waals surface area contributed by atoms with Gasteiger partial charge in [0.1, 0.15) is 23.6 Å². The molecule has 1 saturated heterocycles. The van der Waals surface area contributed by atoms with E-state index in [0.29, 0.717) is 12.3 Å². The summed E-state index contributed by atoms with van der Waals surface area (Å²) in [5.41, 5.74) is 4.59. The summed E-state index contributed by atoms with van der Waals surface area (Å²) in [6.45, 7) is 2.76. The van der Waals surface area contributed by atoms with Gasteiger partial charge in [0.15, 0.2) is 0 Å². The second-order valence-electron chi connectivity index (χ2n) is 8.23. The number of nitrogens with zero attached hydrogens (tertiary/aromatic N) is 4. The number of fused-ring (bicyclic) bond motifs is 1. The molecule has 6 nitrogen and oxygen atoms in total. The van der Waals surface area contributed by atoms with E-state index in [4.69, 9.17) is 14.3 Å². The average molecular weight is 440 g/mol. The van der Waals surface area contributed by atoms with Gasteiger partial charge in [-0.3, -0.25) is 4.68 Å². The van der Waals surface area contributed by atoms with E-state index in [-0.39, 0.29) is 18.0 Å². The Labute approximate surface area is 189 Å². The van der Waals surface area contributed by atoms with E-state index < -0.39 is 0 Å². The number of furan rings is 1. The summed E-state index contributed by atoms with van der Waals surface area (Å²) in [5, 5.41) is 5.71. The fourth-order valence-corrected chi connectivity index (χ4v) is 4.44. The SMILES string of the molecule is C[C@@H]1OCC[C@H]1n1cc(-c2ncnc3oc(-c4ccccc4)cc23)c(-c2ccc(F)cc2)n1. The van der Waals surface area contributed by atoms with Gasteiger partial charge in [-0.15, -0.1) is 0 Å². The van der Waals surface area contributed by atoms with Crippen LogP contribution in [0, 0.1) is 5.82 Å². The van der Waals surface area contributed by atoms with Gasteiger partial charge in [-0.1, -0.05) is 30.3 Å². The van der Waals surface area contributed by atoms with Crippen molar-refractivity contribution in [1.82, 2.24) is 19.7 Å². The standard InChI is InChI=1S/C26H21FN4O2/c1-16-22(11-12-32-16)31-14-21(24(30-31)18-7-9-19(27)10-8-18)25-20-13-23(17-5-3-2-4-6-17)33-26(20)29-15-28-25/h2-10,13-16,22H,11-12H2,1H3/t16-,22+/m0/s1. The number of ether oxygens (including phenoxy) is 1. The van der Waals surface area contributed by atoms with Crippen molar-refractivity contribution >= 4 is 11.1 Å². The fraction of sp³-hybridized carbons (Fsp3) is 0.192. The van der Waals surface area contributed by atoms with E-state index in [2.05, 4.69) is 16.9 Å². The zero-order valence-corrected chi connectivity index (χ0v) is 18.0. The average Bonchev–Trinajstić information content (AvgIpc) is 3.57. The first-order valence-corrected chi connectivity index (χ1v) is 10.9. The van der Waals surface area contributed by atoms with Crippen LogP contribution in [0.3, 0.4) is 0 Å². The van der Waals surface area contributed by atoms with E-state index in [9.17, 15) is 4.39 Å². The molecule has 6 rings (SSSR count). The molecule has 0 amide bonds. The quantitative estimate of drug-likeness (QED) is 0.348. The smallest absolute Gasteiger partial charge is 0.230 e. The highest BCUT2D eigenvalue weighted by Crippen LogP contribution is 2.38. The van der Waals surface area contributed by atoms with Gasteiger partial charge in [0, 0.05) is 29.5 Å². The lowest BCUT2D eigenvalue weighted by Gasteiger charge is -2.14. The van der Waals surface area contributed by atoms with Gasteiger partial charge >= 0.3 is 0 Å². The van der Waals surface area contributed by atoms with Gasteiger partial charge in [-0.05, 0) is 43.7 Å². The first kappa shape index (κ1) is 19.8. The van der Waals surface area contributed by atoms with Crippen molar-refractivity contribution in [3.63, 3.8) is 0 Å². The largest absolute Gasteiger partial charge is 0.438 e. The van der Waals surface area contributed by atoms with E-state index in [1.807, 2.05) is 47.3 Å². The Morgan fingerprint density at radius 1 is 0.970 bits per heavy atom. The Morgan fingerprint density at radius 3 is 2.55 bits per heavy atom. The minimum Gasteiger partial charge on any atom is -0.438 e. The van der Waals surface area contributed by atoms with Crippen molar-refractivity contribution in [2.24, 2.45) is 0 Å². The molecule has 3 aromatic heterocycles. The second-order valence-corrected chi connectivity index (χ2v) is 8.23. The molecule has 0 bridgehead atoms. The van der Waals surface area contributed by atoms with Crippen molar-refractivity contribution in [2.75, 3.05) is 6.61 Å². The zero-order chi connectivity index (χ0) is 22.4. The summed E-state index contributed by atoms with van der Waals surface area (Å²) < 4.78 is 27.4. The Bertz CT molecular complexity index is 1430. The molecule has 0 unspecified atom stereocenters. The molecule has 0 N–H and O–H groups in total. The van der Waals surface area contributed by atoms with E-state index in [1.54, 1.807) is 12.1 Å². The predicted octanol–water partition coefficient (Wildman–Crippen LogP) is 5.91. The van der Waals surface area contributed by atoms with Gasteiger partial charge in [-0.25, -0.2) is 14.4 Å². The molecule has 1 aliphatic heterocycles. The summed E-state index contributed by atoms with van der Waals surface area (Å²) >= 11 is 0. The second kappa shape index (κ2) is 7.94. The highest BCUT2D eigenvalue weighted by atomic mass is 19.1. The van der Waals surface area contributed by atoms with Gasteiger partial charge in [-0.2, -0.15) is 5.10 Å². The molecule has 1 fully saturated rings. The Balaban J connectivity index is 1.54. The molecule has 33 heavy (non-hydrogen) atoms. The summed E-state index contributed by atoms with van der Waals surface area (Å²) in [6.07, 6.45) is 4.45. The molecule has 164 valence electrons. The zero-order valence-electron chi connectivity index (χ0n) is 18.0. The molecular weight excluding hydrogens is 419 g/mol. The Kier molecular flexibility index (Phi) is 4.77. The molecule has 2 aromatic carbocycles. The number of rotatable bonds is 4. The van der Waals surface area contributed by atoms with Gasteiger partial charge in [0.25, 0.3) is 0 Å². The Hall–Kier alpha value is -3.84. The highest BCUT2D eigenvalue weighted by Gasteiger charge is 2.29. The van der Waals surface area contributed by atoms with Crippen LogP contribution in [0.4, 0.5) is 4.39 Å². The van der Waals surface area contributed by atoms with Crippen molar-refractivity contribution < 1.29 is 13.5 Å². The third-order valence-corrected chi connectivity index (χ3v) is 6.17. The number of hydrogen-bond acceptors (Lipinski definition) is 5. The summed E-state index contributed by atoms with van der Waals surface area (Å²) in [4.78, 5) is 8.97. The van der Waals surface area contributed by atoms with E-state index in [0.717, 1.165) is 45.6 Å². The minimum atomic E-state index is -0.288. The first-order chi connectivity index (χ1) is 16.2. The van der Waals surface area contributed by atoms with Crippen LogP contribution in [0.1, 0.15) is 19.4 Å². The highest BCUT2D eigenvalue weighted by molar-refractivity contribution is 5.95. The van der Waals surface area contributed by atoms with E-state index >= 15 is 0 Å². The normalized spacial score (nSPS) is 18.2. The molecule has 7 heteroatoms. The molecule has 0 saturated carbocycles. The van der Waals surface area contributed by atoms with E-state index in [1.165, 1.54) is 18.5 Å². The number of benzene rings is 2. The lowest BCUT2D eigenvalue weighted by Crippen LogP contribution is -2.17. The van der Waals surface area contributed by atoms with Crippen LogP contribution in [0.5, 0.6) is 0 Å². The lowest BCUT2D eigenvalue weighted by atomic mass is 10.0. The fourth-order valence-electron chi connectivity index (χ4n) is 4.44. The summed E-state index contributed by atoms with van der Waals surface area (Å²) in [5.74, 6) is 0.435. The molecule has 0 aliphatic carbocycles. The number of aromatic nitrogens is 4. The third-order valence-electron chi connectivity index (χ3n) is 6.17. The predicted molar refractivity (Wildman–Crippen MR) is 123 cm³/mol. The van der Waals surface area contributed by atoms with Crippen molar-refractivity contribution in [3.8, 4) is 33.8 Å². The topological polar surface area (TPSA) is 66.0 Å². The van der Waals surface area contributed by atoms with Crippen molar-refractivity contribution in [2.45, 2.75) is 25.5 Å². The molecule has 0 spiro atoms.